The highest BCUT2D eigenvalue weighted by Gasteiger charge is 2.35. The van der Waals surface area contributed by atoms with Gasteiger partial charge < -0.3 is 5.11 Å². The van der Waals surface area contributed by atoms with Gasteiger partial charge in [-0.3, -0.25) is 9.69 Å². The fourth-order valence-electron chi connectivity index (χ4n) is 2.83. The molecule has 0 saturated carbocycles. The average Bonchev–Trinajstić information content (AvgIpc) is 3.03. The molecule has 3 aromatic rings. The van der Waals surface area contributed by atoms with Crippen molar-refractivity contribution in [2.75, 3.05) is 4.90 Å². The van der Waals surface area contributed by atoms with E-state index in [1.807, 2.05) is 0 Å². The summed E-state index contributed by atoms with van der Waals surface area (Å²) in [7, 11) is 0. The van der Waals surface area contributed by atoms with E-state index in [1.165, 1.54) is 16.7 Å². The molecule has 156 valence electrons. The van der Waals surface area contributed by atoms with E-state index in [2.05, 4.69) is 36.9 Å². The maximum atomic E-state index is 13.3. The molecule has 4 rings (SSSR count). The molecule has 1 saturated heterocycles. The van der Waals surface area contributed by atoms with Crippen LogP contribution in [0.3, 0.4) is 0 Å². The number of hydrogen-bond donors (Lipinski definition) is 1. The zero-order valence-corrected chi connectivity index (χ0v) is 21.0. The van der Waals surface area contributed by atoms with Gasteiger partial charge in [-0.1, -0.05) is 39.1 Å². The van der Waals surface area contributed by atoms with Crippen molar-refractivity contribution in [1.29, 1.82) is 0 Å². The van der Waals surface area contributed by atoms with Gasteiger partial charge in [0.05, 0.1) is 20.8 Å². The van der Waals surface area contributed by atoms with Gasteiger partial charge in [-0.05, 0) is 94.4 Å². The minimum Gasteiger partial charge on any atom is -0.506 e. The van der Waals surface area contributed by atoms with Gasteiger partial charge in [0.2, 0.25) is 0 Å². The Morgan fingerprint density at radius 3 is 2.23 bits per heavy atom. The number of amides is 1. The van der Waals surface area contributed by atoms with Crippen molar-refractivity contribution < 1.29 is 9.90 Å². The zero-order valence-electron chi connectivity index (χ0n) is 15.5. The summed E-state index contributed by atoms with van der Waals surface area (Å²) in [4.78, 5) is 19.9. The van der Waals surface area contributed by atoms with Crippen molar-refractivity contribution in [3.63, 3.8) is 0 Å². The summed E-state index contributed by atoms with van der Waals surface area (Å²) in [5.41, 5.74) is 1.80. The SMILES string of the molecule is O=C1/C(=C/c2cc(Br)cc(Br)c2O)SC(=Nc2ccc(Cl)cc2)N1c1ccc(Cl)cc1. The van der Waals surface area contributed by atoms with Gasteiger partial charge in [-0.25, -0.2) is 4.99 Å². The predicted molar refractivity (Wildman–Crippen MR) is 137 cm³/mol. The van der Waals surface area contributed by atoms with E-state index < -0.39 is 0 Å². The summed E-state index contributed by atoms with van der Waals surface area (Å²) in [6, 6.07) is 17.4. The number of nitrogens with zero attached hydrogens (tertiary/aromatic N) is 2. The van der Waals surface area contributed by atoms with Gasteiger partial charge in [-0.2, -0.15) is 0 Å². The Kier molecular flexibility index (Phi) is 6.79. The predicted octanol–water partition coefficient (Wildman–Crippen LogP) is 8.03. The molecule has 1 heterocycles. The van der Waals surface area contributed by atoms with Crippen LogP contribution in [0.1, 0.15) is 5.56 Å². The van der Waals surface area contributed by atoms with Crippen molar-refractivity contribution in [3.05, 3.63) is 90.1 Å². The first kappa shape index (κ1) is 22.4. The van der Waals surface area contributed by atoms with Crippen LogP contribution in [0.5, 0.6) is 5.75 Å². The van der Waals surface area contributed by atoms with Crippen molar-refractivity contribution in [2.45, 2.75) is 0 Å². The Hall–Kier alpha value is -1.77. The highest BCUT2D eigenvalue weighted by Crippen LogP contribution is 2.40. The molecule has 0 unspecified atom stereocenters. The van der Waals surface area contributed by atoms with Crippen LogP contribution in [0.4, 0.5) is 11.4 Å². The maximum absolute atomic E-state index is 13.3. The van der Waals surface area contributed by atoms with E-state index in [-0.39, 0.29) is 11.7 Å². The van der Waals surface area contributed by atoms with E-state index >= 15 is 0 Å². The highest BCUT2D eigenvalue weighted by molar-refractivity contribution is 9.11. The van der Waals surface area contributed by atoms with Crippen molar-refractivity contribution >= 4 is 95.3 Å². The second-order valence-corrected chi connectivity index (χ2v) is 10.1. The van der Waals surface area contributed by atoms with Crippen LogP contribution in [0.2, 0.25) is 10.0 Å². The topological polar surface area (TPSA) is 52.9 Å². The fourth-order valence-corrected chi connectivity index (χ4v) is 5.33. The first-order chi connectivity index (χ1) is 14.8. The third-order valence-electron chi connectivity index (χ3n) is 4.29. The number of phenolic OH excluding ortho intramolecular Hbond substituents is 1. The quantitative estimate of drug-likeness (QED) is 0.311. The smallest absolute Gasteiger partial charge is 0.271 e. The van der Waals surface area contributed by atoms with Crippen molar-refractivity contribution in [1.82, 2.24) is 0 Å². The first-order valence-electron chi connectivity index (χ1n) is 8.83. The molecule has 0 aromatic heterocycles. The molecule has 1 amide bonds. The van der Waals surface area contributed by atoms with E-state index in [9.17, 15) is 9.90 Å². The number of hydrogen-bond acceptors (Lipinski definition) is 4. The Balaban J connectivity index is 1.80. The molecule has 4 nitrogen and oxygen atoms in total. The van der Waals surface area contributed by atoms with Crippen LogP contribution >= 0.6 is 66.8 Å². The summed E-state index contributed by atoms with van der Waals surface area (Å²) in [5, 5.41) is 12.1. The molecule has 0 spiro atoms. The largest absolute Gasteiger partial charge is 0.506 e. The molecule has 1 aliphatic heterocycles. The molecule has 3 aromatic carbocycles. The zero-order chi connectivity index (χ0) is 22.1. The molecule has 0 aliphatic carbocycles. The Morgan fingerprint density at radius 1 is 0.968 bits per heavy atom. The number of benzene rings is 3. The van der Waals surface area contributed by atoms with Crippen LogP contribution in [0.15, 0.2) is 79.5 Å². The van der Waals surface area contributed by atoms with E-state index in [4.69, 9.17) is 23.2 Å². The molecule has 0 bridgehead atoms. The average molecular weight is 599 g/mol. The van der Waals surface area contributed by atoms with Gasteiger partial charge in [-0.15, -0.1) is 0 Å². The van der Waals surface area contributed by atoms with Crippen molar-refractivity contribution in [3.8, 4) is 5.75 Å². The number of aromatic hydroxyl groups is 1. The number of amidine groups is 1. The standard InChI is InChI=1S/C22H12Br2Cl2N2O2S/c23-13-9-12(20(29)18(24)11-13)10-19-21(30)28(17-7-3-15(26)4-8-17)22(31-19)27-16-5-1-14(25)2-6-16/h1-11,29H/b19-10-,27-22?. The molecule has 0 radical (unpaired) electrons. The summed E-state index contributed by atoms with van der Waals surface area (Å²) in [6.07, 6.45) is 1.64. The highest BCUT2D eigenvalue weighted by atomic mass is 79.9. The van der Waals surface area contributed by atoms with Crippen molar-refractivity contribution in [2.24, 2.45) is 4.99 Å². The summed E-state index contributed by atoms with van der Waals surface area (Å²) in [5.74, 6) is -0.208. The lowest BCUT2D eigenvalue weighted by atomic mass is 10.2. The number of carbonyl (C=O) groups is 1. The molecular formula is C22H12Br2Cl2N2O2S. The lowest BCUT2D eigenvalue weighted by Gasteiger charge is -2.15. The van der Waals surface area contributed by atoms with Gasteiger partial charge >= 0.3 is 0 Å². The lowest BCUT2D eigenvalue weighted by Crippen LogP contribution is -2.28. The van der Waals surface area contributed by atoms with Crippen LogP contribution in [0.25, 0.3) is 6.08 Å². The monoisotopic (exact) mass is 596 g/mol. The third kappa shape index (κ3) is 5.02. The van der Waals surface area contributed by atoms with Crippen LogP contribution in [-0.2, 0) is 4.79 Å². The van der Waals surface area contributed by atoms with Crippen LogP contribution in [0, 0.1) is 0 Å². The van der Waals surface area contributed by atoms with Gasteiger partial charge in [0.15, 0.2) is 5.17 Å². The van der Waals surface area contributed by atoms with Gasteiger partial charge in [0, 0.05) is 20.1 Å². The summed E-state index contributed by atoms with van der Waals surface area (Å²) in [6.45, 7) is 0. The Bertz CT molecular complexity index is 1230. The van der Waals surface area contributed by atoms with E-state index in [1.54, 1.807) is 66.7 Å². The lowest BCUT2D eigenvalue weighted by molar-refractivity contribution is -0.113. The molecule has 1 fully saturated rings. The molecular weight excluding hydrogens is 587 g/mol. The molecule has 9 heteroatoms. The summed E-state index contributed by atoms with van der Waals surface area (Å²) < 4.78 is 1.29. The molecule has 31 heavy (non-hydrogen) atoms. The first-order valence-corrected chi connectivity index (χ1v) is 12.0. The van der Waals surface area contributed by atoms with Crippen LogP contribution < -0.4 is 4.90 Å². The van der Waals surface area contributed by atoms with E-state index in [0.717, 1.165) is 4.47 Å². The molecule has 1 N–H and O–H groups in total. The Morgan fingerprint density at radius 2 is 1.58 bits per heavy atom. The number of phenols is 1. The minimum atomic E-state index is -0.254. The van der Waals surface area contributed by atoms with Gasteiger partial charge in [0.25, 0.3) is 5.91 Å². The summed E-state index contributed by atoms with van der Waals surface area (Å²) >= 11 is 19.9. The second kappa shape index (κ2) is 9.38. The van der Waals surface area contributed by atoms with Gasteiger partial charge in [0.1, 0.15) is 5.75 Å². The third-order valence-corrected chi connectivity index (χ3v) is 6.82. The number of rotatable bonds is 3. The number of carbonyl (C=O) groups excluding carboxylic acids is 1. The fraction of sp³-hybridized carbons (Fsp3) is 0. The minimum absolute atomic E-state index is 0.0465. The normalized spacial score (nSPS) is 16.5. The molecule has 1 aliphatic rings. The Labute approximate surface area is 209 Å². The second-order valence-electron chi connectivity index (χ2n) is 6.42. The number of halogens is 4. The number of anilines is 1. The number of aliphatic imine (C=N–C) groups is 1. The number of thioether (sulfide) groups is 1. The van der Waals surface area contributed by atoms with E-state index in [0.29, 0.717) is 41.5 Å². The van der Waals surface area contributed by atoms with Crippen LogP contribution in [-0.4, -0.2) is 16.2 Å². The molecule has 0 atom stereocenters. The maximum Gasteiger partial charge on any atom is 0.271 e.